The zero-order valence-electron chi connectivity index (χ0n) is 12.4. The molecule has 1 atom stereocenters. The molecule has 2 amide bonds. The van der Waals surface area contributed by atoms with Gasteiger partial charge < -0.3 is 20.6 Å². The first-order chi connectivity index (χ1) is 10.4. The Morgan fingerprint density at radius 3 is 2.45 bits per heavy atom. The number of rotatable bonds is 5. The van der Waals surface area contributed by atoms with Crippen molar-refractivity contribution in [1.29, 1.82) is 0 Å². The van der Waals surface area contributed by atoms with Gasteiger partial charge in [-0.15, -0.1) is 0 Å². The highest BCUT2D eigenvalue weighted by Crippen LogP contribution is 2.22. The average Bonchev–Trinajstić information content (AvgIpc) is 2.48. The van der Waals surface area contributed by atoms with Gasteiger partial charge in [-0.2, -0.15) is 0 Å². The molecule has 0 bridgehead atoms. The van der Waals surface area contributed by atoms with Crippen molar-refractivity contribution in [1.82, 2.24) is 4.90 Å². The summed E-state index contributed by atoms with van der Waals surface area (Å²) in [5.41, 5.74) is 7.38. The Balaban J connectivity index is 2.07. The molecule has 3 N–H and O–H groups in total. The lowest BCUT2D eigenvalue weighted by Gasteiger charge is -2.31. The largest absolute Gasteiger partial charge is 0.481 e. The van der Waals surface area contributed by atoms with Crippen LogP contribution in [-0.4, -0.2) is 47.9 Å². The Morgan fingerprint density at radius 2 is 1.86 bits per heavy atom. The summed E-state index contributed by atoms with van der Waals surface area (Å²) < 4.78 is 0. The fourth-order valence-electron chi connectivity index (χ4n) is 2.30. The standard InChI is InChI=1S/C15H19N3O4/c1-17-8-14(20)18(9-13(17)19)11-4-2-10(3-5-11)12(16)6-7-15(21)22/h2-5,12H,6-9,16H2,1H3,(H,21,22). The zero-order valence-corrected chi connectivity index (χ0v) is 12.4. The van der Waals surface area contributed by atoms with Crippen LogP contribution in [0.25, 0.3) is 0 Å². The number of hydrogen-bond donors (Lipinski definition) is 2. The van der Waals surface area contributed by atoms with E-state index >= 15 is 0 Å². The predicted octanol–water partition coefficient (Wildman–Crippen LogP) is 0.356. The van der Waals surface area contributed by atoms with E-state index in [1.807, 2.05) is 0 Å². The molecule has 1 unspecified atom stereocenters. The van der Waals surface area contributed by atoms with Crippen LogP contribution in [0.5, 0.6) is 0 Å². The molecule has 2 rings (SSSR count). The molecule has 22 heavy (non-hydrogen) atoms. The third-order valence-electron chi connectivity index (χ3n) is 3.69. The summed E-state index contributed by atoms with van der Waals surface area (Å²) in [6.07, 6.45) is 0.356. The highest BCUT2D eigenvalue weighted by atomic mass is 16.4. The molecule has 1 aromatic carbocycles. The third-order valence-corrected chi connectivity index (χ3v) is 3.69. The summed E-state index contributed by atoms with van der Waals surface area (Å²) in [5, 5.41) is 8.66. The fourth-order valence-corrected chi connectivity index (χ4v) is 2.30. The van der Waals surface area contributed by atoms with Crippen LogP contribution in [0.15, 0.2) is 24.3 Å². The lowest BCUT2D eigenvalue weighted by atomic mass is 10.0. The van der Waals surface area contributed by atoms with Gasteiger partial charge in [0.1, 0.15) is 6.54 Å². The maximum atomic E-state index is 12.0. The molecule has 7 heteroatoms. The van der Waals surface area contributed by atoms with E-state index in [0.29, 0.717) is 12.1 Å². The van der Waals surface area contributed by atoms with E-state index in [1.54, 1.807) is 31.3 Å². The van der Waals surface area contributed by atoms with Crippen LogP contribution in [0, 0.1) is 0 Å². The quantitative estimate of drug-likeness (QED) is 0.817. The average molecular weight is 305 g/mol. The highest BCUT2D eigenvalue weighted by molar-refractivity contribution is 6.04. The number of benzene rings is 1. The maximum Gasteiger partial charge on any atom is 0.303 e. The molecule has 0 spiro atoms. The molecule has 0 aliphatic carbocycles. The van der Waals surface area contributed by atoms with Gasteiger partial charge in [-0.1, -0.05) is 12.1 Å². The van der Waals surface area contributed by atoms with Crippen molar-refractivity contribution < 1.29 is 19.5 Å². The van der Waals surface area contributed by atoms with Crippen LogP contribution in [0.1, 0.15) is 24.4 Å². The highest BCUT2D eigenvalue weighted by Gasteiger charge is 2.28. The molecule has 0 saturated carbocycles. The van der Waals surface area contributed by atoms with Crippen LogP contribution in [0.4, 0.5) is 5.69 Å². The Morgan fingerprint density at radius 1 is 1.23 bits per heavy atom. The Bertz CT molecular complexity index is 585. The second kappa shape index (κ2) is 6.57. The molecule has 1 fully saturated rings. The van der Waals surface area contributed by atoms with Crippen molar-refractivity contribution in [3.8, 4) is 0 Å². The number of amides is 2. The van der Waals surface area contributed by atoms with Gasteiger partial charge in [-0.25, -0.2) is 0 Å². The SMILES string of the molecule is CN1CC(=O)N(c2ccc(C(N)CCC(=O)O)cc2)CC1=O. The van der Waals surface area contributed by atoms with Gasteiger partial charge in [0.15, 0.2) is 0 Å². The lowest BCUT2D eigenvalue weighted by molar-refractivity contribution is -0.137. The fraction of sp³-hybridized carbons (Fsp3) is 0.400. The monoisotopic (exact) mass is 305 g/mol. The summed E-state index contributed by atoms with van der Waals surface area (Å²) in [4.78, 5) is 37.1. The number of anilines is 1. The molecule has 118 valence electrons. The summed E-state index contributed by atoms with van der Waals surface area (Å²) in [7, 11) is 1.60. The first-order valence-corrected chi connectivity index (χ1v) is 7.00. The molecule has 7 nitrogen and oxygen atoms in total. The first-order valence-electron chi connectivity index (χ1n) is 7.00. The first kappa shape index (κ1) is 16.0. The Labute approximate surface area is 128 Å². The molecular weight excluding hydrogens is 286 g/mol. The van der Waals surface area contributed by atoms with Gasteiger partial charge in [-0.3, -0.25) is 14.4 Å². The number of likely N-dealkylation sites (N-methyl/N-ethyl adjacent to an activating group) is 1. The van der Waals surface area contributed by atoms with E-state index < -0.39 is 5.97 Å². The molecule has 1 aliphatic heterocycles. The lowest BCUT2D eigenvalue weighted by Crippen LogP contribution is -2.52. The van der Waals surface area contributed by atoms with Crippen molar-refractivity contribution in [2.24, 2.45) is 5.73 Å². The molecule has 0 aromatic heterocycles. The molecule has 1 heterocycles. The van der Waals surface area contributed by atoms with Crippen molar-refractivity contribution in [2.45, 2.75) is 18.9 Å². The maximum absolute atomic E-state index is 12.0. The third kappa shape index (κ3) is 3.62. The topological polar surface area (TPSA) is 104 Å². The smallest absolute Gasteiger partial charge is 0.303 e. The van der Waals surface area contributed by atoms with E-state index in [0.717, 1.165) is 5.56 Å². The zero-order chi connectivity index (χ0) is 16.3. The van der Waals surface area contributed by atoms with Crippen molar-refractivity contribution in [3.63, 3.8) is 0 Å². The minimum atomic E-state index is -0.881. The number of carbonyl (C=O) groups is 3. The van der Waals surface area contributed by atoms with Crippen LogP contribution in [-0.2, 0) is 14.4 Å². The number of carboxylic acids is 1. The van der Waals surface area contributed by atoms with E-state index in [-0.39, 0.29) is 37.4 Å². The van der Waals surface area contributed by atoms with E-state index in [1.165, 1.54) is 9.80 Å². The number of nitrogens with two attached hydrogens (primary N) is 1. The van der Waals surface area contributed by atoms with Crippen LogP contribution >= 0.6 is 0 Å². The van der Waals surface area contributed by atoms with Crippen molar-refractivity contribution >= 4 is 23.5 Å². The van der Waals surface area contributed by atoms with Gasteiger partial charge in [0.25, 0.3) is 0 Å². The number of nitrogens with zero attached hydrogens (tertiary/aromatic N) is 2. The van der Waals surface area contributed by atoms with Crippen LogP contribution < -0.4 is 10.6 Å². The summed E-state index contributed by atoms with van der Waals surface area (Å²) >= 11 is 0. The summed E-state index contributed by atoms with van der Waals surface area (Å²) in [6.45, 7) is 0.0957. The number of hydrogen-bond acceptors (Lipinski definition) is 4. The van der Waals surface area contributed by atoms with Crippen molar-refractivity contribution in [2.75, 3.05) is 25.0 Å². The minimum Gasteiger partial charge on any atom is -0.481 e. The van der Waals surface area contributed by atoms with Gasteiger partial charge in [0, 0.05) is 25.2 Å². The Hall–Kier alpha value is -2.41. The normalized spacial score (nSPS) is 16.8. The van der Waals surface area contributed by atoms with Gasteiger partial charge in [0.2, 0.25) is 11.8 Å². The summed E-state index contributed by atoms with van der Waals surface area (Å²) in [6, 6.07) is 6.62. The van der Waals surface area contributed by atoms with Crippen LogP contribution in [0.2, 0.25) is 0 Å². The predicted molar refractivity (Wildman–Crippen MR) is 80.2 cm³/mol. The number of carbonyl (C=O) groups excluding carboxylic acids is 2. The van der Waals surface area contributed by atoms with Gasteiger partial charge in [0.05, 0.1) is 6.54 Å². The second-order valence-corrected chi connectivity index (χ2v) is 5.36. The molecule has 1 aromatic rings. The van der Waals surface area contributed by atoms with E-state index in [9.17, 15) is 14.4 Å². The summed E-state index contributed by atoms with van der Waals surface area (Å²) in [5.74, 6) is -1.12. The molecular formula is C15H19N3O4. The minimum absolute atomic E-state index is 0.00830. The number of carboxylic acid groups (broad SMARTS) is 1. The molecule has 1 aliphatic rings. The van der Waals surface area contributed by atoms with Crippen molar-refractivity contribution in [3.05, 3.63) is 29.8 Å². The number of piperazine rings is 1. The van der Waals surface area contributed by atoms with E-state index in [2.05, 4.69) is 0 Å². The number of aliphatic carboxylic acids is 1. The molecule has 1 saturated heterocycles. The van der Waals surface area contributed by atoms with Gasteiger partial charge in [-0.05, 0) is 24.1 Å². The van der Waals surface area contributed by atoms with Gasteiger partial charge >= 0.3 is 5.97 Å². The van der Waals surface area contributed by atoms with E-state index in [4.69, 9.17) is 10.8 Å². The second-order valence-electron chi connectivity index (χ2n) is 5.36. The molecule has 0 radical (unpaired) electrons. The Kier molecular flexibility index (Phi) is 4.77. The van der Waals surface area contributed by atoms with Crippen LogP contribution in [0.3, 0.4) is 0 Å².